The molecule has 0 bridgehead atoms. The lowest BCUT2D eigenvalue weighted by atomic mass is 9.88. The van der Waals surface area contributed by atoms with Gasteiger partial charge in [0.15, 0.2) is 0 Å². The number of H-pyrrole nitrogens is 1. The smallest absolute Gasteiger partial charge is 0.266 e. The Hall–Kier alpha value is -4.41. The number of hydrogen-bond donors (Lipinski definition) is 1. The molecular weight excluding hydrogens is 463 g/mol. The van der Waals surface area contributed by atoms with Gasteiger partial charge in [-0.25, -0.2) is 13.2 Å². The molecule has 4 aromatic rings. The van der Waals surface area contributed by atoms with E-state index in [4.69, 9.17) is 0 Å². The monoisotopic (exact) mass is 483 g/mol. The fraction of sp³-hybridized carbons (Fsp3) is 0.103. The van der Waals surface area contributed by atoms with Gasteiger partial charge >= 0.3 is 0 Å². The Morgan fingerprint density at radius 3 is 2.31 bits per heavy atom. The molecule has 0 radical (unpaired) electrons. The first-order chi connectivity index (χ1) is 17.4. The fourth-order valence-electron chi connectivity index (χ4n) is 4.60. The first-order valence-corrected chi connectivity index (χ1v) is 11.3. The van der Waals surface area contributed by atoms with E-state index in [9.17, 15) is 23.2 Å². The molecule has 0 amide bonds. The van der Waals surface area contributed by atoms with Crippen molar-refractivity contribution in [1.29, 1.82) is 5.26 Å². The van der Waals surface area contributed by atoms with Gasteiger partial charge in [-0.3, -0.25) is 9.69 Å². The predicted molar refractivity (Wildman–Crippen MR) is 132 cm³/mol. The highest BCUT2D eigenvalue weighted by atomic mass is 19.1. The van der Waals surface area contributed by atoms with E-state index in [1.165, 1.54) is 36.4 Å². The highest BCUT2D eigenvalue weighted by molar-refractivity contribution is 5.87. The molecule has 178 valence electrons. The molecule has 4 nitrogen and oxygen atoms in total. The summed E-state index contributed by atoms with van der Waals surface area (Å²) in [7, 11) is 0. The molecule has 1 N–H and O–H groups in total. The molecular formula is C29H20F3N3O. The fourth-order valence-corrected chi connectivity index (χ4v) is 4.60. The average Bonchev–Trinajstić information content (AvgIpc) is 2.87. The number of fused-ring (bicyclic) bond motifs is 1. The number of nitrogens with zero attached hydrogens (tertiary/aromatic N) is 2. The van der Waals surface area contributed by atoms with Crippen molar-refractivity contribution in [3.05, 3.63) is 129 Å². The number of aromatic amines is 1. The summed E-state index contributed by atoms with van der Waals surface area (Å²) >= 11 is 0. The van der Waals surface area contributed by atoms with E-state index in [1.54, 1.807) is 42.5 Å². The van der Waals surface area contributed by atoms with Gasteiger partial charge in [0.05, 0.1) is 5.69 Å². The summed E-state index contributed by atoms with van der Waals surface area (Å²) in [5.41, 5.74) is 2.34. The number of nitrogens with one attached hydrogen (secondary N) is 1. The standard InChI is InChI=1S/C29H20F3N3O/c30-21-11-9-18(10-12-21)15-35-16-20(13-19-5-1-3-7-25(19)31)28-24(17-35)27(23(14-33)29(36)34-28)22-6-2-4-8-26(22)32/h1-13H,15-17H2,(H,34,36)/b20-13-. The minimum atomic E-state index is -0.638. The summed E-state index contributed by atoms with van der Waals surface area (Å²) in [6.07, 6.45) is 1.65. The van der Waals surface area contributed by atoms with Crippen LogP contribution in [0.2, 0.25) is 0 Å². The van der Waals surface area contributed by atoms with E-state index >= 15 is 0 Å². The van der Waals surface area contributed by atoms with Crippen LogP contribution in [0.3, 0.4) is 0 Å². The molecule has 0 aliphatic carbocycles. The maximum Gasteiger partial charge on any atom is 0.266 e. The Kier molecular flexibility index (Phi) is 6.28. The number of aromatic nitrogens is 1. The number of pyridine rings is 1. The average molecular weight is 483 g/mol. The van der Waals surface area contributed by atoms with Crippen molar-refractivity contribution < 1.29 is 13.2 Å². The van der Waals surface area contributed by atoms with Gasteiger partial charge in [0.25, 0.3) is 5.56 Å². The molecule has 0 spiro atoms. The lowest BCUT2D eigenvalue weighted by molar-refractivity contribution is 0.282. The number of rotatable bonds is 4. The van der Waals surface area contributed by atoms with Crippen LogP contribution in [0.5, 0.6) is 0 Å². The van der Waals surface area contributed by atoms with Crippen LogP contribution in [-0.2, 0) is 13.1 Å². The lowest BCUT2D eigenvalue weighted by Crippen LogP contribution is -2.33. The van der Waals surface area contributed by atoms with Gasteiger partial charge in [-0.2, -0.15) is 5.26 Å². The molecule has 0 atom stereocenters. The third kappa shape index (κ3) is 4.47. The molecule has 7 heteroatoms. The van der Waals surface area contributed by atoms with Crippen LogP contribution >= 0.6 is 0 Å². The molecule has 1 aliphatic heterocycles. The van der Waals surface area contributed by atoms with Crippen LogP contribution < -0.4 is 5.56 Å². The Morgan fingerprint density at radius 2 is 1.61 bits per heavy atom. The maximum absolute atomic E-state index is 14.9. The van der Waals surface area contributed by atoms with Crippen molar-refractivity contribution in [3.63, 3.8) is 0 Å². The first-order valence-electron chi connectivity index (χ1n) is 11.3. The van der Waals surface area contributed by atoms with Gasteiger partial charge in [0, 0.05) is 36.3 Å². The van der Waals surface area contributed by atoms with Crippen molar-refractivity contribution in [2.24, 2.45) is 0 Å². The van der Waals surface area contributed by atoms with Gasteiger partial charge < -0.3 is 4.98 Å². The molecule has 3 aromatic carbocycles. The lowest BCUT2D eigenvalue weighted by Gasteiger charge is -2.32. The Bertz CT molecular complexity index is 1580. The molecule has 1 aromatic heterocycles. The van der Waals surface area contributed by atoms with E-state index in [-0.39, 0.29) is 29.1 Å². The minimum Gasteiger partial charge on any atom is -0.321 e. The summed E-state index contributed by atoms with van der Waals surface area (Å²) in [6.45, 7) is 1.06. The van der Waals surface area contributed by atoms with Crippen LogP contribution in [0, 0.1) is 28.8 Å². The predicted octanol–water partition coefficient (Wildman–Crippen LogP) is 5.89. The highest BCUT2D eigenvalue weighted by Gasteiger charge is 2.29. The van der Waals surface area contributed by atoms with Crippen LogP contribution in [0.15, 0.2) is 77.6 Å². The third-order valence-corrected chi connectivity index (χ3v) is 6.23. The Morgan fingerprint density at radius 1 is 0.917 bits per heavy atom. The van der Waals surface area contributed by atoms with Gasteiger partial charge in [-0.15, -0.1) is 0 Å². The summed E-state index contributed by atoms with van der Waals surface area (Å²) in [5, 5.41) is 9.81. The second-order valence-electron chi connectivity index (χ2n) is 8.61. The molecule has 36 heavy (non-hydrogen) atoms. The largest absolute Gasteiger partial charge is 0.321 e. The number of nitriles is 1. The van der Waals surface area contributed by atoms with E-state index in [0.717, 1.165) is 5.56 Å². The second-order valence-corrected chi connectivity index (χ2v) is 8.61. The summed E-state index contributed by atoms with van der Waals surface area (Å²) < 4.78 is 42.9. The molecule has 0 fully saturated rings. The zero-order valence-electron chi connectivity index (χ0n) is 19.1. The summed E-state index contributed by atoms with van der Waals surface area (Å²) in [4.78, 5) is 17.8. The van der Waals surface area contributed by atoms with Crippen molar-refractivity contribution in [3.8, 4) is 17.2 Å². The van der Waals surface area contributed by atoms with Gasteiger partial charge in [-0.05, 0) is 47.0 Å². The van der Waals surface area contributed by atoms with Gasteiger partial charge in [0.2, 0.25) is 0 Å². The SMILES string of the molecule is N#Cc1c(-c2ccccc2F)c2c([nH]c1=O)/C(=C\c1ccccc1F)CN(Cc1ccc(F)cc1)C2. The van der Waals surface area contributed by atoms with Crippen LogP contribution in [-0.4, -0.2) is 16.4 Å². The zero-order valence-corrected chi connectivity index (χ0v) is 19.1. The highest BCUT2D eigenvalue weighted by Crippen LogP contribution is 2.37. The Balaban J connectivity index is 1.73. The number of hydrogen-bond acceptors (Lipinski definition) is 3. The van der Waals surface area contributed by atoms with E-state index in [2.05, 4.69) is 4.98 Å². The summed E-state index contributed by atoms with van der Waals surface area (Å²) in [5.74, 6) is -1.33. The van der Waals surface area contributed by atoms with Crippen LogP contribution in [0.4, 0.5) is 13.2 Å². The normalized spacial score (nSPS) is 14.4. The van der Waals surface area contributed by atoms with E-state index in [1.807, 2.05) is 11.0 Å². The molecule has 1 aliphatic rings. The van der Waals surface area contributed by atoms with E-state index in [0.29, 0.717) is 35.5 Å². The quantitative estimate of drug-likeness (QED) is 0.394. The van der Waals surface area contributed by atoms with Crippen LogP contribution in [0.1, 0.15) is 27.9 Å². The zero-order chi connectivity index (χ0) is 25.2. The van der Waals surface area contributed by atoms with Crippen molar-refractivity contribution in [2.75, 3.05) is 6.54 Å². The van der Waals surface area contributed by atoms with Crippen molar-refractivity contribution in [1.82, 2.24) is 9.88 Å². The Labute approximate surface area is 205 Å². The topological polar surface area (TPSA) is 59.9 Å². The first kappa shape index (κ1) is 23.3. The second kappa shape index (κ2) is 9.68. The van der Waals surface area contributed by atoms with Crippen molar-refractivity contribution in [2.45, 2.75) is 13.1 Å². The molecule has 0 unspecified atom stereocenters. The van der Waals surface area contributed by atoms with Crippen LogP contribution in [0.25, 0.3) is 22.8 Å². The third-order valence-electron chi connectivity index (χ3n) is 6.23. The van der Waals surface area contributed by atoms with Gasteiger partial charge in [-0.1, -0.05) is 48.5 Å². The van der Waals surface area contributed by atoms with Crippen molar-refractivity contribution >= 4 is 11.6 Å². The minimum absolute atomic E-state index is 0.144. The summed E-state index contributed by atoms with van der Waals surface area (Å²) in [6, 6.07) is 20.3. The number of benzene rings is 3. The van der Waals surface area contributed by atoms with E-state index < -0.39 is 17.2 Å². The molecule has 0 saturated carbocycles. The maximum atomic E-state index is 14.9. The number of halogens is 3. The molecule has 5 rings (SSSR count). The molecule has 0 saturated heterocycles. The van der Waals surface area contributed by atoms with Gasteiger partial charge in [0.1, 0.15) is 29.1 Å². The molecule has 2 heterocycles.